The molecule has 3 aromatic rings. The number of ketones is 1. The van der Waals surface area contributed by atoms with Crippen LogP contribution in [0.25, 0.3) is 0 Å². The summed E-state index contributed by atoms with van der Waals surface area (Å²) < 4.78 is 0. The van der Waals surface area contributed by atoms with Gasteiger partial charge in [-0.2, -0.15) is 0 Å². The molecular weight excluding hydrogens is 366 g/mol. The Morgan fingerprint density at radius 1 is 0.724 bits per heavy atom. The fraction of sp³-hybridized carbons (Fsp3) is 0.130. The van der Waals surface area contributed by atoms with E-state index >= 15 is 0 Å². The first kappa shape index (κ1) is 19.9. The zero-order chi connectivity index (χ0) is 21.0. The normalized spacial score (nSPS) is 10.3. The molecule has 0 radical (unpaired) electrons. The number of amides is 2. The van der Waals surface area contributed by atoms with Crippen molar-refractivity contribution in [3.8, 4) is 0 Å². The van der Waals surface area contributed by atoms with Gasteiger partial charge in [-0.15, -0.1) is 0 Å². The summed E-state index contributed by atoms with van der Waals surface area (Å²) in [4.78, 5) is 40.7. The summed E-state index contributed by atoms with van der Waals surface area (Å²) in [5.74, 6) is -0.959. The molecule has 0 aliphatic carbocycles. The summed E-state index contributed by atoms with van der Waals surface area (Å²) >= 11 is 0. The molecule has 2 amide bonds. The Balaban J connectivity index is 1.76. The minimum atomic E-state index is -0.466. The summed E-state index contributed by atoms with van der Waals surface area (Å²) in [6.07, 6.45) is 0. The van der Waals surface area contributed by atoms with E-state index in [1.807, 2.05) is 32.0 Å². The third-order valence-electron chi connectivity index (χ3n) is 4.22. The van der Waals surface area contributed by atoms with Crippen LogP contribution in [-0.4, -0.2) is 22.6 Å². The molecule has 1 aromatic heterocycles. The average molecular weight is 387 g/mol. The van der Waals surface area contributed by atoms with E-state index in [4.69, 9.17) is 0 Å². The number of hydrogen-bond acceptors (Lipinski definition) is 4. The van der Waals surface area contributed by atoms with Gasteiger partial charge in [-0.1, -0.05) is 24.3 Å². The number of carbonyl (C=O) groups is 3. The number of carbonyl (C=O) groups excluding carboxylic acids is 3. The first-order valence-corrected chi connectivity index (χ1v) is 9.11. The maximum atomic E-state index is 12.5. The summed E-state index contributed by atoms with van der Waals surface area (Å²) in [6.45, 7) is 5.36. The number of Topliss-reactive ketones (excluding diaryl/α,β-unsaturated/α-hetero) is 1. The summed E-state index contributed by atoms with van der Waals surface area (Å²) in [5, 5.41) is 5.50. The molecule has 29 heavy (non-hydrogen) atoms. The average Bonchev–Trinajstić information content (AvgIpc) is 2.67. The molecule has 0 spiro atoms. The van der Waals surface area contributed by atoms with Gasteiger partial charge in [0.05, 0.1) is 0 Å². The number of aromatic nitrogens is 1. The van der Waals surface area contributed by atoms with Crippen molar-refractivity contribution in [2.24, 2.45) is 0 Å². The van der Waals surface area contributed by atoms with Crippen LogP contribution in [0.3, 0.4) is 0 Å². The SMILES string of the molecule is CC(=O)c1cccc(NC(=O)c2cccc(C(=O)Nc3cc(C)cc(C)c3)n2)c1. The summed E-state index contributed by atoms with van der Waals surface area (Å²) in [5.41, 5.74) is 3.96. The Morgan fingerprint density at radius 3 is 1.86 bits per heavy atom. The molecule has 2 N–H and O–H groups in total. The van der Waals surface area contributed by atoms with Crippen LogP contribution >= 0.6 is 0 Å². The zero-order valence-corrected chi connectivity index (χ0v) is 16.4. The highest BCUT2D eigenvalue weighted by Gasteiger charge is 2.13. The molecule has 0 aliphatic heterocycles. The second kappa shape index (κ2) is 8.48. The van der Waals surface area contributed by atoms with Crippen molar-refractivity contribution in [3.63, 3.8) is 0 Å². The van der Waals surface area contributed by atoms with E-state index in [1.54, 1.807) is 36.4 Å². The Morgan fingerprint density at radius 2 is 1.28 bits per heavy atom. The van der Waals surface area contributed by atoms with E-state index in [1.165, 1.54) is 13.0 Å². The molecule has 1 heterocycles. The smallest absolute Gasteiger partial charge is 0.274 e. The van der Waals surface area contributed by atoms with Crippen molar-refractivity contribution in [2.75, 3.05) is 10.6 Å². The quantitative estimate of drug-likeness (QED) is 0.635. The van der Waals surface area contributed by atoms with Crippen molar-refractivity contribution in [3.05, 3.63) is 88.7 Å². The third kappa shape index (κ3) is 5.13. The van der Waals surface area contributed by atoms with Crippen LogP contribution in [0.15, 0.2) is 60.7 Å². The van der Waals surface area contributed by atoms with Crippen LogP contribution in [0.1, 0.15) is 49.4 Å². The number of hydrogen-bond donors (Lipinski definition) is 2. The van der Waals surface area contributed by atoms with E-state index in [9.17, 15) is 14.4 Å². The number of anilines is 2. The molecule has 0 atom stereocenters. The predicted molar refractivity (Wildman–Crippen MR) is 113 cm³/mol. The number of benzene rings is 2. The Kier molecular flexibility index (Phi) is 5.83. The first-order valence-electron chi connectivity index (χ1n) is 9.11. The maximum Gasteiger partial charge on any atom is 0.274 e. The fourth-order valence-electron chi connectivity index (χ4n) is 2.94. The number of aryl methyl sites for hydroxylation is 2. The van der Waals surface area contributed by atoms with Gasteiger partial charge in [0.2, 0.25) is 0 Å². The van der Waals surface area contributed by atoms with Crippen LogP contribution in [0.5, 0.6) is 0 Å². The fourth-order valence-corrected chi connectivity index (χ4v) is 2.94. The highest BCUT2D eigenvalue weighted by molar-refractivity contribution is 6.06. The first-order chi connectivity index (χ1) is 13.8. The van der Waals surface area contributed by atoms with Gasteiger partial charge in [0.15, 0.2) is 5.78 Å². The lowest BCUT2D eigenvalue weighted by Crippen LogP contribution is -2.18. The Hall–Kier alpha value is -3.80. The van der Waals surface area contributed by atoms with Gasteiger partial charge in [-0.25, -0.2) is 4.98 Å². The minimum absolute atomic E-state index is 0.0933. The molecule has 2 aromatic carbocycles. The zero-order valence-electron chi connectivity index (χ0n) is 16.4. The monoisotopic (exact) mass is 387 g/mol. The van der Waals surface area contributed by atoms with Gasteiger partial charge < -0.3 is 10.6 Å². The van der Waals surface area contributed by atoms with Gasteiger partial charge in [0.25, 0.3) is 11.8 Å². The summed E-state index contributed by atoms with van der Waals surface area (Å²) in [7, 11) is 0. The molecule has 3 rings (SSSR count). The second-order valence-electron chi connectivity index (χ2n) is 6.83. The van der Waals surface area contributed by atoms with Gasteiger partial charge in [0.1, 0.15) is 11.4 Å². The van der Waals surface area contributed by atoms with Gasteiger partial charge >= 0.3 is 0 Å². The number of pyridine rings is 1. The number of nitrogens with one attached hydrogen (secondary N) is 2. The highest BCUT2D eigenvalue weighted by atomic mass is 16.2. The van der Waals surface area contributed by atoms with Gasteiger partial charge in [-0.3, -0.25) is 14.4 Å². The Labute approximate surface area is 169 Å². The van der Waals surface area contributed by atoms with Crippen molar-refractivity contribution in [1.82, 2.24) is 4.98 Å². The molecule has 0 saturated carbocycles. The second-order valence-corrected chi connectivity index (χ2v) is 6.83. The van der Waals surface area contributed by atoms with E-state index in [0.717, 1.165) is 11.1 Å². The highest BCUT2D eigenvalue weighted by Crippen LogP contribution is 2.16. The lowest BCUT2D eigenvalue weighted by atomic mass is 10.1. The topological polar surface area (TPSA) is 88.2 Å². The van der Waals surface area contributed by atoms with Crippen molar-refractivity contribution >= 4 is 29.0 Å². The largest absolute Gasteiger partial charge is 0.321 e. The molecular formula is C23H21N3O3. The minimum Gasteiger partial charge on any atom is -0.321 e. The lowest BCUT2D eigenvalue weighted by molar-refractivity contribution is 0.100. The molecule has 0 saturated heterocycles. The van der Waals surface area contributed by atoms with Crippen LogP contribution < -0.4 is 10.6 Å². The number of rotatable bonds is 5. The van der Waals surface area contributed by atoms with Crippen LogP contribution in [0.2, 0.25) is 0 Å². The van der Waals surface area contributed by atoms with E-state index in [2.05, 4.69) is 15.6 Å². The third-order valence-corrected chi connectivity index (χ3v) is 4.22. The van der Waals surface area contributed by atoms with E-state index in [-0.39, 0.29) is 17.2 Å². The van der Waals surface area contributed by atoms with Crippen LogP contribution in [-0.2, 0) is 0 Å². The molecule has 0 fully saturated rings. The van der Waals surface area contributed by atoms with Crippen molar-refractivity contribution in [1.29, 1.82) is 0 Å². The molecule has 6 nitrogen and oxygen atoms in total. The van der Waals surface area contributed by atoms with Crippen LogP contribution in [0.4, 0.5) is 11.4 Å². The standard InChI is InChI=1S/C23H21N3O3/c1-14-10-15(2)12-19(11-14)25-23(29)21-9-5-8-20(26-21)22(28)24-18-7-4-6-17(13-18)16(3)27/h4-13H,1-3H3,(H,24,28)(H,25,29). The number of nitrogens with zero attached hydrogens (tertiary/aromatic N) is 1. The van der Waals surface area contributed by atoms with Crippen LogP contribution in [0, 0.1) is 13.8 Å². The predicted octanol–water partition coefficient (Wildman–Crippen LogP) is 4.41. The van der Waals surface area contributed by atoms with E-state index < -0.39 is 11.8 Å². The molecule has 6 heteroatoms. The molecule has 0 aliphatic rings. The van der Waals surface area contributed by atoms with Gasteiger partial charge in [-0.05, 0) is 68.3 Å². The molecule has 0 unspecified atom stereocenters. The Bertz CT molecular complexity index is 1090. The maximum absolute atomic E-state index is 12.5. The summed E-state index contributed by atoms with van der Waals surface area (Å²) in [6, 6.07) is 17.1. The molecule has 0 bridgehead atoms. The van der Waals surface area contributed by atoms with E-state index in [0.29, 0.717) is 16.9 Å². The molecule has 146 valence electrons. The van der Waals surface area contributed by atoms with Gasteiger partial charge in [0, 0.05) is 16.9 Å². The lowest BCUT2D eigenvalue weighted by Gasteiger charge is -2.09. The van der Waals surface area contributed by atoms with Crippen molar-refractivity contribution in [2.45, 2.75) is 20.8 Å². The van der Waals surface area contributed by atoms with Crippen molar-refractivity contribution < 1.29 is 14.4 Å².